The standard InChI is InChI=1S/C20H25NO/c1-5-15(4)18-8-6-7-9-19(18)21-20(22)17-12-10-16(11-13-17)14(2)3/h6-15H,5H2,1-4H3,(H,21,22)/t15-/m1/s1. The molecular weight excluding hydrogens is 270 g/mol. The molecule has 2 nitrogen and oxygen atoms in total. The van der Waals surface area contributed by atoms with Gasteiger partial charge in [-0.1, -0.05) is 58.0 Å². The van der Waals surface area contributed by atoms with Crippen molar-refractivity contribution in [1.82, 2.24) is 0 Å². The minimum Gasteiger partial charge on any atom is -0.322 e. The van der Waals surface area contributed by atoms with Gasteiger partial charge in [0.1, 0.15) is 0 Å². The maximum Gasteiger partial charge on any atom is 0.255 e. The second-order valence-electron chi connectivity index (χ2n) is 6.13. The summed E-state index contributed by atoms with van der Waals surface area (Å²) in [5.41, 5.74) is 4.05. The van der Waals surface area contributed by atoms with E-state index in [-0.39, 0.29) is 5.91 Å². The highest BCUT2D eigenvalue weighted by Crippen LogP contribution is 2.27. The molecule has 0 aliphatic carbocycles. The van der Waals surface area contributed by atoms with Crippen molar-refractivity contribution in [3.63, 3.8) is 0 Å². The number of nitrogens with one attached hydrogen (secondary N) is 1. The largest absolute Gasteiger partial charge is 0.322 e. The van der Waals surface area contributed by atoms with Gasteiger partial charge in [-0.25, -0.2) is 0 Å². The Kier molecular flexibility index (Phi) is 5.37. The van der Waals surface area contributed by atoms with Gasteiger partial charge in [0.25, 0.3) is 5.91 Å². The van der Waals surface area contributed by atoms with Crippen molar-refractivity contribution >= 4 is 11.6 Å². The van der Waals surface area contributed by atoms with Crippen molar-refractivity contribution in [2.24, 2.45) is 0 Å². The van der Waals surface area contributed by atoms with E-state index in [0.29, 0.717) is 17.4 Å². The fourth-order valence-electron chi connectivity index (χ4n) is 2.47. The highest BCUT2D eigenvalue weighted by atomic mass is 16.1. The molecule has 0 unspecified atom stereocenters. The first-order valence-corrected chi connectivity index (χ1v) is 8.03. The Hall–Kier alpha value is -2.09. The Morgan fingerprint density at radius 2 is 1.64 bits per heavy atom. The summed E-state index contributed by atoms with van der Waals surface area (Å²) in [5.74, 6) is 0.856. The van der Waals surface area contributed by atoms with Gasteiger partial charge in [-0.05, 0) is 47.6 Å². The SMILES string of the molecule is CC[C@@H](C)c1ccccc1NC(=O)c1ccc(C(C)C)cc1. The van der Waals surface area contributed by atoms with Crippen LogP contribution < -0.4 is 5.32 Å². The lowest BCUT2D eigenvalue weighted by Gasteiger charge is -2.16. The average Bonchev–Trinajstić information content (AvgIpc) is 2.54. The lowest BCUT2D eigenvalue weighted by atomic mass is 9.96. The molecular formula is C20H25NO. The second kappa shape index (κ2) is 7.26. The van der Waals surface area contributed by atoms with Crippen molar-refractivity contribution in [3.8, 4) is 0 Å². The normalized spacial score (nSPS) is 12.2. The molecule has 0 radical (unpaired) electrons. The van der Waals surface area contributed by atoms with Crippen LogP contribution in [0, 0.1) is 0 Å². The Morgan fingerprint density at radius 3 is 2.23 bits per heavy atom. The highest BCUT2D eigenvalue weighted by Gasteiger charge is 2.12. The van der Waals surface area contributed by atoms with Crippen LogP contribution in [0.3, 0.4) is 0 Å². The number of rotatable bonds is 5. The van der Waals surface area contributed by atoms with E-state index in [1.54, 1.807) is 0 Å². The van der Waals surface area contributed by atoms with E-state index in [4.69, 9.17) is 0 Å². The molecule has 0 spiro atoms. The fourth-order valence-corrected chi connectivity index (χ4v) is 2.47. The molecule has 2 rings (SSSR count). The van der Waals surface area contributed by atoms with Crippen LogP contribution in [0.4, 0.5) is 5.69 Å². The van der Waals surface area contributed by atoms with Crippen molar-refractivity contribution < 1.29 is 4.79 Å². The van der Waals surface area contributed by atoms with Crippen LogP contribution >= 0.6 is 0 Å². The van der Waals surface area contributed by atoms with E-state index in [1.165, 1.54) is 11.1 Å². The predicted octanol–water partition coefficient (Wildman–Crippen LogP) is 5.58. The zero-order chi connectivity index (χ0) is 16.1. The van der Waals surface area contributed by atoms with E-state index < -0.39 is 0 Å². The van der Waals surface area contributed by atoms with Crippen molar-refractivity contribution in [2.45, 2.75) is 46.0 Å². The molecule has 0 aliphatic rings. The summed E-state index contributed by atoms with van der Waals surface area (Å²) in [4.78, 5) is 12.4. The minimum absolute atomic E-state index is 0.0499. The molecule has 2 heteroatoms. The van der Waals surface area contributed by atoms with Gasteiger partial charge in [0.05, 0.1) is 0 Å². The van der Waals surface area contributed by atoms with Gasteiger partial charge in [0.15, 0.2) is 0 Å². The van der Waals surface area contributed by atoms with E-state index in [1.807, 2.05) is 42.5 Å². The lowest BCUT2D eigenvalue weighted by Crippen LogP contribution is -2.14. The lowest BCUT2D eigenvalue weighted by molar-refractivity contribution is 0.102. The summed E-state index contributed by atoms with van der Waals surface area (Å²) in [7, 11) is 0. The maximum absolute atomic E-state index is 12.4. The molecule has 0 saturated heterocycles. The summed E-state index contributed by atoms with van der Waals surface area (Å²) in [5, 5.41) is 3.05. The third-order valence-electron chi connectivity index (χ3n) is 4.19. The Bertz CT molecular complexity index is 628. The number of amides is 1. The quantitative estimate of drug-likeness (QED) is 0.767. The van der Waals surface area contributed by atoms with Crippen LogP contribution in [-0.4, -0.2) is 5.91 Å². The number of carbonyl (C=O) groups is 1. The Morgan fingerprint density at radius 1 is 1.00 bits per heavy atom. The smallest absolute Gasteiger partial charge is 0.255 e. The first kappa shape index (κ1) is 16.3. The first-order chi connectivity index (χ1) is 10.5. The molecule has 0 aliphatic heterocycles. The van der Waals surface area contributed by atoms with Gasteiger partial charge in [-0.15, -0.1) is 0 Å². The zero-order valence-electron chi connectivity index (χ0n) is 13.9. The van der Waals surface area contributed by atoms with Crippen LogP contribution in [0.25, 0.3) is 0 Å². The summed E-state index contributed by atoms with van der Waals surface area (Å²) in [6, 6.07) is 15.9. The molecule has 2 aromatic rings. The van der Waals surface area contributed by atoms with Gasteiger partial charge in [-0.2, -0.15) is 0 Å². The van der Waals surface area contributed by atoms with Gasteiger partial charge in [0, 0.05) is 11.3 Å². The number of carbonyl (C=O) groups excluding carboxylic acids is 1. The van der Waals surface area contributed by atoms with Crippen molar-refractivity contribution in [2.75, 3.05) is 5.32 Å². The number of hydrogen-bond acceptors (Lipinski definition) is 1. The van der Waals surface area contributed by atoms with E-state index in [2.05, 4.69) is 39.1 Å². The van der Waals surface area contributed by atoms with Gasteiger partial charge >= 0.3 is 0 Å². The second-order valence-corrected chi connectivity index (χ2v) is 6.13. The monoisotopic (exact) mass is 295 g/mol. The van der Waals surface area contributed by atoms with Gasteiger partial charge < -0.3 is 5.32 Å². The minimum atomic E-state index is -0.0499. The molecule has 1 amide bonds. The Labute approximate surface area is 133 Å². The van der Waals surface area contributed by atoms with Crippen LogP contribution in [0.5, 0.6) is 0 Å². The summed E-state index contributed by atoms with van der Waals surface area (Å²) >= 11 is 0. The molecule has 116 valence electrons. The third-order valence-corrected chi connectivity index (χ3v) is 4.19. The number of para-hydroxylation sites is 1. The molecule has 0 saturated carbocycles. The molecule has 22 heavy (non-hydrogen) atoms. The van der Waals surface area contributed by atoms with E-state index >= 15 is 0 Å². The molecule has 0 heterocycles. The predicted molar refractivity (Wildman–Crippen MR) is 93.6 cm³/mol. The van der Waals surface area contributed by atoms with E-state index in [9.17, 15) is 4.79 Å². The molecule has 0 fully saturated rings. The van der Waals surface area contributed by atoms with Crippen LogP contribution in [0.1, 0.15) is 67.4 Å². The van der Waals surface area contributed by atoms with Crippen LogP contribution in [0.15, 0.2) is 48.5 Å². The average molecular weight is 295 g/mol. The van der Waals surface area contributed by atoms with E-state index in [0.717, 1.165) is 12.1 Å². The molecule has 1 N–H and O–H groups in total. The van der Waals surface area contributed by atoms with Crippen LogP contribution in [-0.2, 0) is 0 Å². The van der Waals surface area contributed by atoms with Crippen molar-refractivity contribution in [1.29, 1.82) is 0 Å². The number of benzene rings is 2. The number of anilines is 1. The molecule has 0 aromatic heterocycles. The Balaban J connectivity index is 2.18. The third kappa shape index (κ3) is 3.76. The summed E-state index contributed by atoms with van der Waals surface area (Å²) in [6.45, 7) is 8.64. The topological polar surface area (TPSA) is 29.1 Å². The van der Waals surface area contributed by atoms with Gasteiger partial charge in [0.2, 0.25) is 0 Å². The molecule has 2 aromatic carbocycles. The summed E-state index contributed by atoms with van der Waals surface area (Å²) < 4.78 is 0. The summed E-state index contributed by atoms with van der Waals surface area (Å²) in [6.07, 6.45) is 1.05. The van der Waals surface area contributed by atoms with Crippen LogP contribution in [0.2, 0.25) is 0 Å². The number of hydrogen-bond donors (Lipinski definition) is 1. The first-order valence-electron chi connectivity index (χ1n) is 8.03. The fraction of sp³-hybridized carbons (Fsp3) is 0.350. The molecule has 0 bridgehead atoms. The maximum atomic E-state index is 12.4. The highest BCUT2D eigenvalue weighted by molar-refractivity contribution is 6.04. The molecule has 1 atom stereocenters. The van der Waals surface area contributed by atoms with Crippen molar-refractivity contribution in [3.05, 3.63) is 65.2 Å². The zero-order valence-corrected chi connectivity index (χ0v) is 13.9. The van der Waals surface area contributed by atoms with Gasteiger partial charge in [-0.3, -0.25) is 4.79 Å².